The molecule has 1 N–H and O–H groups in total. The molecule has 0 bridgehead atoms. The largest absolute Gasteiger partial charge is 0.497 e. The highest BCUT2D eigenvalue weighted by atomic mass is 16.5. The molecule has 27 heavy (non-hydrogen) atoms. The highest BCUT2D eigenvalue weighted by molar-refractivity contribution is 6.09. The lowest BCUT2D eigenvalue weighted by Crippen LogP contribution is -2.13. The van der Waals surface area contributed by atoms with Crippen molar-refractivity contribution in [2.24, 2.45) is 0 Å². The summed E-state index contributed by atoms with van der Waals surface area (Å²) in [5.74, 6) is 1.34. The van der Waals surface area contributed by atoms with Crippen molar-refractivity contribution in [1.29, 1.82) is 5.26 Å². The Labute approximate surface area is 157 Å². The number of nitriles is 1. The molecule has 7 nitrogen and oxygen atoms in total. The van der Waals surface area contributed by atoms with Crippen molar-refractivity contribution in [2.75, 3.05) is 33.8 Å². The maximum absolute atomic E-state index is 12.4. The monoisotopic (exact) mass is 368 g/mol. The van der Waals surface area contributed by atoms with Gasteiger partial charge in [0, 0.05) is 11.3 Å². The molecule has 140 valence electrons. The quantitative estimate of drug-likeness (QED) is 0.596. The molecule has 0 aliphatic carbocycles. The molecule has 0 aromatic heterocycles. The third-order valence-electron chi connectivity index (χ3n) is 3.75. The normalized spacial score (nSPS) is 10.6. The zero-order valence-corrected chi connectivity index (χ0v) is 15.5. The number of carbonyl (C=O) groups excluding carboxylic acids is 1. The summed E-state index contributed by atoms with van der Waals surface area (Å²) in [6, 6.07) is 12.0. The Bertz CT molecular complexity index is 882. The minimum absolute atomic E-state index is 0.0867. The van der Waals surface area contributed by atoms with Crippen LogP contribution in [0, 0.1) is 11.3 Å². The van der Waals surface area contributed by atoms with E-state index in [0.717, 1.165) is 0 Å². The number of methoxy groups -OCH3 is 4. The van der Waals surface area contributed by atoms with Crippen LogP contribution in [-0.4, -0.2) is 34.3 Å². The summed E-state index contributed by atoms with van der Waals surface area (Å²) in [5, 5.41) is 12.1. The number of benzene rings is 2. The predicted molar refractivity (Wildman–Crippen MR) is 101 cm³/mol. The number of rotatable bonds is 7. The Morgan fingerprint density at radius 2 is 1.59 bits per heavy atom. The van der Waals surface area contributed by atoms with Crippen molar-refractivity contribution < 1.29 is 23.7 Å². The van der Waals surface area contributed by atoms with Gasteiger partial charge in [0.1, 0.15) is 17.4 Å². The van der Waals surface area contributed by atoms with Crippen LogP contribution in [0.5, 0.6) is 23.0 Å². The molecule has 0 fully saturated rings. The van der Waals surface area contributed by atoms with Crippen molar-refractivity contribution in [3.05, 3.63) is 47.5 Å². The Hall–Kier alpha value is -3.66. The molecular weight excluding hydrogens is 348 g/mol. The van der Waals surface area contributed by atoms with Crippen LogP contribution in [0.15, 0.2) is 42.0 Å². The van der Waals surface area contributed by atoms with Gasteiger partial charge >= 0.3 is 0 Å². The molecule has 0 saturated heterocycles. The highest BCUT2D eigenvalue weighted by Crippen LogP contribution is 2.40. The van der Waals surface area contributed by atoms with Gasteiger partial charge in [0.25, 0.3) is 5.91 Å². The molecule has 0 aliphatic rings. The van der Waals surface area contributed by atoms with E-state index in [1.807, 2.05) is 6.07 Å². The second kappa shape index (κ2) is 9.15. The molecule has 0 radical (unpaired) electrons. The predicted octanol–water partition coefficient (Wildman–Crippen LogP) is 3.27. The first-order chi connectivity index (χ1) is 13.1. The fourth-order valence-electron chi connectivity index (χ4n) is 2.41. The van der Waals surface area contributed by atoms with Gasteiger partial charge in [0.2, 0.25) is 5.75 Å². The van der Waals surface area contributed by atoms with Crippen molar-refractivity contribution in [3.63, 3.8) is 0 Å². The number of nitrogens with zero attached hydrogens (tertiary/aromatic N) is 1. The fraction of sp³-hybridized carbons (Fsp3) is 0.200. The molecule has 7 heteroatoms. The zero-order valence-electron chi connectivity index (χ0n) is 15.5. The molecule has 0 unspecified atom stereocenters. The van der Waals surface area contributed by atoms with Crippen molar-refractivity contribution in [3.8, 4) is 29.1 Å². The summed E-state index contributed by atoms with van der Waals surface area (Å²) in [4.78, 5) is 12.4. The first-order valence-corrected chi connectivity index (χ1v) is 7.94. The van der Waals surface area contributed by atoms with Crippen LogP contribution in [-0.2, 0) is 4.79 Å². The Morgan fingerprint density at radius 1 is 0.926 bits per heavy atom. The first-order valence-electron chi connectivity index (χ1n) is 7.94. The molecule has 1 amide bonds. The number of amides is 1. The van der Waals surface area contributed by atoms with E-state index in [0.29, 0.717) is 34.2 Å². The molecule has 0 spiro atoms. The summed E-state index contributed by atoms with van der Waals surface area (Å²) in [7, 11) is 6.02. The molecule has 0 aliphatic heterocycles. The van der Waals surface area contributed by atoms with Gasteiger partial charge < -0.3 is 24.3 Å². The highest BCUT2D eigenvalue weighted by Gasteiger charge is 2.17. The minimum Gasteiger partial charge on any atom is -0.497 e. The van der Waals surface area contributed by atoms with E-state index in [1.54, 1.807) is 43.5 Å². The Kier molecular flexibility index (Phi) is 6.67. The number of hydrogen-bond donors (Lipinski definition) is 1. The number of anilines is 1. The van der Waals surface area contributed by atoms with Crippen LogP contribution in [0.25, 0.3) is 6.08 Å². The SMILES string of the molecule is COc1ccc(NC(=O)/C(C#N)=C/c2ccc(OC)c(OC)c2OC)cc1. The van der Waals surface area contributed by atoms with Crippen molar-refractivity contribution >= 4 is 17.7 Å². The number of nitrogens with one attached hydrogen (secondary N) is 1. The summed E-state index contributed by atoms with van der Waals surface area (Å²) < 4.78 is 21.0. The van der Waals surface area contributed by atoms with Crippen molar-refractivity contribution in [2.45, 2.75) is 0 Å². The first kappa shape index (κ1) is 19.7. The van der Waals surface area contributed by atoms with Gasteiger partial charge in [-0.25, -0.2) is 0 Å². The summed E-state index contributed by atoms with van der Waals surface area (Å²) >= 11 is 0. The van der Waals surface area contributed by atoms with E-state index in [-0.39, 0.29) is 5.57 Å². The van der Waals surface area contributed by atoms with Crippen LogP contribution in [0.4, 0.5) is 5.69 Å². The second-order valence-corrected chi connectivity index (χ2v) is 5.28. The second-order valence-electron chi connectivity index (χ2n) is 5.28. The standard InChI is InChI=1S/C20H20N2O5/c1-24-16-8-6-15(7-9-16)22-20(23)14(12-21)11-13-5-10-17(25-2)19(27-4)18(13)26-3/h5-11H,1-4H3,(H,22,23)/b14-11+. The zero-order chi connectivity index (χ0) is 19.8. The number of hydrogen-bond acceptors (Lipinski definition) is 6. The van der Waals surface area contributed by atoms with Crippen LogP contribution in [0.3, 0.4) is 0 Å². The van der Waals surface area contributed by atoms with Gasteiger partial charge in [0.05, 0.1) is 28.4 Å². The van der Waals surface area contributed by atoms with E-state index >= 15 is 0 Å². The lowest BCUT2D eigenvalue weighted by atomic mass is 10.1. The van der Waals surface area contributed by atoms with Gasteiger partial charge in [-0.15, -0.1) is 0 Å². The molecule has 2 rings (SSSR count). The van der Waals surface area contributed by atoms with E-state index in [9.17, 15) is 10.1 Å². The van der Waals surface area contributed by atoms with Crippen LogP contribution < -0.4 is 24.3 Å². The maximum atomic E-state index is 12.4. The fourth-order valence-corrected chi connectivity index (χ4v) is 2.41. The van der Waals surface area contributed by atoms with Gasteiger partial charge in [-0.3, -0.25) is 4.79 Å². The van der Waals surface area contributed by atoms with E-state index in [2.05, 4.69) is 5.32 Å². The maximum Gasteiger partial charge on any atom is 0.266 e. The molecule has 0 atom stereocenters. The summed E-state index contributed by atoms with van der Waals surface area (Å²) in [6.45, 7) is 0. The Balaban J connectivity index is 2.34. The lowest BCUT2D eigenvalue weighted by Gasteiger charge is -2.14. The molecule has 2 aromatic carbocycles. The van der Waals surface area contributed by atoms with Gasteiger partial charge in [-0.2, -0.15) is 5.26 Å². The van der Waals surface area contributed by atoms with Crippen LogP contribution >= 0.6 is 0 Å². The van der Waals surface area contributed by atoms with E-state index < -0.39 is 5.91 Å². The molecule has 0 heterocycles. The van der Waals surface area contributed by atoms with Crippen LogP contribution in [0.1, 0.15) is 5.56 Å². The minimum atomic E-state index is -0.542. The number of ether oxygens (including phenoxy) is 4. The van der Waals surface area contributed by atoms with E-state index in [4.69, 9.17) is 18.9 Å². The molecule has 2 aromatic rings. The van der Waals surface area contributed by atoms with Gasteiger partial charge in [-0.1, -0.05) is 0 Å². The lowest BCUT2D eigenvalue weighted by molar-refractivity contribution is -0.112. The topological polar surface area (TPSA) is 89.8 Å². The van der Waals surface area contributed by atoms with Crippen molar-refractivity contribution in [1.82, 2.24) is 0 Å². The summed E-state index contributed by atoms with van der Waals surface area (Å²) in [5.41, 5.74) is 0.967. The smallest absolute Gasteiger partial charge is 0.266 e. The average molecular weight is 368 g/mol. The van der Waals surface area contributed by atoms with Gasteiger partial charge in [0.15, 0.2) is 11.5 Å². The van der Waals surface area contributed by atoms with Crippen LogP contribution in [0.2, 0.25) is 0 Å². The Morgan fingerprint density at radius 3 is 2.11 bits per heavy atom. The third-order valence-corrected chi connectivity index (χ3v) is 3.75. The average Bonchev–Trinajstić information content (AvgIpc) is 2.71. The molecular formula is C20H20N2O5. The summed E-state index contributed by atoms with van der Waals surface area (Å²) in [6.07, 6.45) is 1.43. The van der Waals surface area contributed by atoms with Gasteiger partial charge in [-0.05, 0) is 42.5 Å². The molecule has 0 saturated carbocycles. The number of carbonyl (C=O) groups is 1. The van der Waals surface area contributed by atoms with E-state index in [1.165, 1.54) is 27.4 Å². The third kappa shape index (κ3) is 4.50.